The number of hydrogen-bond acceptors (Lipinski definition) is 6. The Morgan fingerprint density at radius 2 is 1.80 bits per heavy atom. The summed E-state index contributed by atoms with van der Waals surface area (Å²) in [6, 6.07) is 9.67. The maximum Gasteiger partial charge on any atom is 0.273 e. The first kappa shape index (κ1) is 18.5. The van der Waals surface area contributed by atoms with E-state index in [4.69, 9.17) is 9.72 Å². The van der Waals surface area contributed by atoms with E-state index >= 15 is 0 Å². The summed E-state index contributed by atoms with van der Waals surface area (Å²) in [4.78, 5) is 28.6. The molecule has 1 N–H and O–H groups in total. The van der Waals surface area contributed by atoms with Crippen LogP contribution in [0.1, 0.15) is 11.1 Å². The molecule has 1 aromatic carbocycles. The van der Waals surface area contributed by atoms with Crippen LogP contribution in [0.25, 0.3) is 28.2 Å². The number of hydrogen-bond donors (Lipinski definition) is 1. The molecule has 0 aliphatic carbocycles. The largest absolute Gasteiger partial charge is 0.378 e. The highest BCUT2D eigenvalue weighted by Crippen LogP contribution is 2.26. The first-order valence-electron chi connectivity index (χ1n) is 9.95. The lowest BCUT2D eigenvalue weighted by Gasteiger charge is -2.26. The Hall–Kier alpha value is -3.52. The molecule has 30 heavy (non-hydrogen) atoms. The fraction of sp³-hybridized carbons (Fsp3) is 0.273. The van der Waals surface area contributed by atoms with Crippen LogP contribution in [0.2, 0.25) is 0 Å². The van der Waals surface area contributed by atoms with Crippen molar-refractivity contribution in [2.45, 2.75) is 13.8 Å². The average Bonchev–Trinajstić information content (AvgIpc) is 3.12. The molecule has 0 spiro atoms. The lowest BCUT2D eigenvalue weighted by Crippen LogP contribution is -2.37. The first-order valence-corrected chi connectivity index (χ1v) is 9.95. The van der Waals surface area contributed by atoms with Gasteiger partial charge in [0.05, 0.1) is 24.6 Å². The van der Waals surface area contributed by atoms with Crippen molar-refractivity contribution in [3.63, 3.8) is 0 Å². The van der Waals surface area contributed by atoms with E-state index in [9.17, 15) is 4.79 Å². The zero-order chi connectivity index (χ0) is 20.7. The highest BCUT2D eigenvalue weighted by molar-refractivity contribution is 5.72. The van der Waals surface area contributed by atoms with Gasteiger partial charge in [0, 0.05) is 48.2 Å². The number of aromatic amines is 1. The van der Waals surface area contributed by atoms with Crippen LogP contribution in [0.4, 0.5) is 5.95 Å². The molecule has 0 saturated carbocycles. The van der Waals surface area contributed by atoms with Gasteiger partial charge in [0.1, 0.15) is 0 Å². The topological polar surface area (TPSA) is 88.4 Å². The van der Waals surface area contributed by atoms with Crippen molar-refractivity contribution < 1.29 is 4.74 Å². The van der Waals surface area contributed by atoms with E-state index in [2.05, 4.69) is 26.0 Å². The van der Waals surface area contributed by atoms with E-state index in [1.54, 1.807) is 12.4 Å². The summed E-state index contributed by atoms with van der Waals surface area (Å²) in [7, 11) is 0. The molecule has 0 radical (unpaired) electrons. The SMILES string of the molecule is Cc1cccc(-c2[nH]n3c(=O)cc(-c4cnc(N5CCOCC5)nc4)nc3c2C)c1. The van der Waals surface area contributed by atoms with E-state index in [0.717, 1.165) is 35.5 Å². The molecule has 1 aliphatic rings. The second-order valence-corrected chi connectivity index (χ2v) is 7.49. The van der Waals surface area contributed by atoms with Crippen LogP contribution in [-0.4, -0.2) is 50.9 Å². The summed E-state index contributed by atoms with van der Waals surface area (Å²) in [5.41, 5.74) is 5.70. The predicted molar refractivity (Wildman–Crippen MR) is 115 cm³/mol. The Balaban J connectivity index is 1.54. The third kappa shape index (κ3) is 3.25. The molecule has 152 valence electrons. The highest BCUT2D eigenvalue weighted by atomic mass is 16.5. The molecule has 8 nitrogen and oxygen atoms in total. The van der Waals surface area contributed by atoms with Crippen LogP contribution in [-0.2, 0) is 4.74 Å². The normalized spacial score (nSPS) is 14.4. The second-order valence-electron chi connectivity index (χ2n) is 7.49. The fourth-order valence-corrected chi connectivity index (χ4v) is 3.76. The molecule has 1 saturated heterocycles. The van der Waals surface area contributed by atoms with E-state index in [1.807, 2.05) is 32.0 Å². The monoisotopic (exact) mass is 402 g/mol. The Morgan fingerprint density at radius 3 is 2.53 bits per heavy atom. The van der Waals surface area contributed by atoms with Gasteiger partial charge in [-0.15, -0.1) is 0 Å². The Kier molecular flexibility index (Phi) is 4.55. The van der Waals surface area contributed by atoms with Gasteiger partial charge in [0.15, 0.2) is 5.65 Å². The number of aryl methyl sites for hydroxylation is 2. The van der Waals surface area contributed by atoms with Crippen molar-refractivity contribution in [3.05, 3.63) is 64.2 Å². The van der Waals surface area contributed by atoms with Gasteiger partial charge in [-0.1, -0.05) is 23.8 Å². The molecule has 4 heterocycles. The van der Waals surface area contributed by atoms with Gasteiger partial charge in [0.2, 0.25) is 5.95 Å². The third-order valence-corrected chi connectivity index (χ3v) is 5.39. The molecular formula is C22H22N6O2. The Bertz CT molecular complexity index is 1270. The van der Waals surface area contributed by atoms with Gasteiger partial charge in [-0.3, -0.25) is 9.89 Å². The number of fused-ring (bicyclic) bond motifs is 1. The number of morpholine rings is 1. The number of anilines is 1. The molecule has 0 bridgehead atoms. The van der Waals surface area contributed by atoms with Crippen LogP contribution in [0.3, 0.4) is 0 Å². The number of benzene rings is 1. The van der Waals surface area contributed by atoms with Crippen molar-refractivity contribution >= 4 is 11.6 Å². The predicted octanol–water partition coefficient (Wildman–Crippen LogP) is 2.60. The summed E-state index contributed by atoms with van der Waals surface area (Å²) in [6.07, 6.45) is 3.44. The lowest BCUT2D eigenvalue weighted by atomic mass is 10.1. The van der Waals surface area contributed by atoms with Crippen LogP contribution >= 0.6 is 0 Å². The number of rotatable bonds is 3. The minimum absolute atomic E-state index is 0.172. The molecule has 0 amide bonds. The van der Waals surface area contributed by atoms with Crippen molar-refractivity contribution in [3.8, 4) is 22.5 Å². The van der Waals surface area contributed by atoms with Gasteiger partial charge in [-0.25, -0.2) is 19.5 Å². The van der Waals surface area contributed by atoms with Gasteiger partial charge < -0.3 is 9.64 Å². The number of nitrogens with zero attached hydrogens (tertiary/aromatic N) is 5. The second kappa shape index (κ2) is 7.38. The number of nitrogens with one attached hydrogen (secondary N) is 1. The van der Waals surface area contributed by atoms with Crippen LogP contribution in [0.15, 0.2) is 47.5 Å². The quantitative estimate of drug-likeness (QED) is 0.567. The molecule has 3 aromatic heterocycles. The van der Waals surface area contributed by atoms with Gasteiger partial charge in [-0.2, -0.15) is 0 Å². The van der Waals surface area contributed by atoms with Crippen molar-refractivity contribution in [2.75, 3.05) is 31.2 Å². The fourth-order valence-electron chi connectivity index (χ4n) is 3.76. The summed E-state index contributed by atoms with van der Waals surface area (Å²) in [6.45, 7) is 6.92. The van der Waals surface area contributed by atoms with Crippen LogP contribution in [0.5, 0.6) is 0 Å². The Labute approximate surface area is 173 Å². The maximum atomic E-state index is 12.8. The zero-order valence-corrected chi connectivity index (χ0v) is 16.9. The molecule has 1 fully saturated rings. The molecular weight excluding hydrogens is 380 g/mol. The smallest absolute Gasteiger partial charge is 0.273 e. The van der Waals surface area contributed by atoms with Crippen molar-refractivity contribution in [1.82, 2.24) is 24.6 Å². The molecule has 0 unspecified atom stereocenters. The van der Waals surface area contributed by atoms with Crippen molar-refractivity contribution in [1.29, 1.82) is 0 Å². The molecule has 5 rings (SSSR count). The minimum Gasteiger partial charge on any atom is -0.378 e. The number of ether oxygens (including phenoxy) is 1. The average molecular weight is 402 g/mol. The summed E-state index contributed by atoms with van der Waals surface area (Å²) in [5.74, 6) is 0.666. The number of aromatic nitrogens is 5. The first-order chi connectivity index (χ1) is 14.6. The van der Waals surface area contributed by atoms with Crippen molar-refractivity contribution in [2.24, 2.45) is 0 Å². The van der Waals surface area contributed by atoms with E-state index in [1.165, 1.54) is 10.6 Å². The molecule has 0 atom stereocenters. The van der Waals surface area contributed by atoms with Crippen LogP contribution in [0, 0.1) is 13.8 Å². The van der Waals surface area contributed by atoms with Gasteiger partial charge >= 0.3 is 0 Å². The van der Waals surface area contributed by atoms with E-state index < -0.39 is 0 Å². The number of H-pyrrole nitrogens is 1. The Morgan fingerprint density at radius 1 is 1.03 bits per heavy atom. The third-order valence-electron chi connectivity index (χ3n) is 5.39. The van der Waals surface area contributed by atoms with Crippen LogP contribution < -0.4 is 10.5 Å². The molecule has 4 aromatic rings. The van der Waals surface area contributed by atoms with Gasteiger partial charge in [-0.05, 0) is 19.9 Å². The minimum atomic E-state index is -0.172. The summed E-state index contributed by atoms with van der Waals surface area (Å²) < 4.78 is 6.86. The molecule has 8 heteroatoms. The van der Waals surface area contributed by atoms with Gasteiger partial charge in [0.25, 0.3) is 5.56 Å². The molecule has 1 aliphatic heterocycles. The zero-order valence-electron chi connectivity index (χ0n) is 16.9. The van der Waals surface area contributed by atoms with E-state index in [-0.39, 0.29) is 5.56 Å². The maximum absolute atomic E-state index is 12.8. The highest BCUT2D eigenvalue weighted by Gasteiger charge is 2.16. The lowest BCUT2D eigenvalue weighted by molar-refractivity contribution is 0.122. The van der Waals surface area contributed by atoms with E-state index in [0.29, 0.717) is 36.1 Å². The standard InChI is InChI=1S/C22H22N6O2/c1-14-4-3-5-16(10-14)20-15(2)21-25-18(11-19(29)28(21)26-20)17-12-23-22(24-13-17)27-6-8-30-9-7-27/h3-5,10-13,26H,6-9H2,1-2H3. The summed E-state index contributed by atoms with van der Waals surface area (Å²) in [5, 5.41) is 3.20. The summed E-state index contributed by atoms with van der Waals surface area (Å²) >= 11 is 0.